The van der Waals surface area contributed by atoms with Crippen molar-refractivity contribution in [3.05, 3.63) is 53.2 Å². The zero-order chi connectivity index (χ0) is 35.2. The van der Waals surface area contributed by atoms with Gasteiger partial charge >= 0.3 is 11.8 Å². The molecule has 1 aliphatic rings. The Bertz CT molecular complexity index is 2330. The van der Waals surface area contributed by atoms with Crippen LogP contribution in [0.5, 0.6) is 0 Å². The molecular weight excluding hydrogens is 618 g/mol. The van der Waals surface area contributed by atoms with Gasteiger partial charge in [0.1, 0.15) is 5.65 Å². The molecule has 1 aromatic carbocycles. The highest BCUT2D eigenvalue weighted by Gasteiger charge is 2.35. The SMILES string of the molecule is [B]C([B])([B])n1cc(-c2[nH]c3ncc4c(c3c2-c2ccc3c(cnn3C(C)C)c2)n([C@@H]2CC[C@@H](NC(=O)OC)C2)c(=O)n4C([B])([B])[B])c(F)n1. The molecule has 12 nitrogen and oxygen atoms in total. The third kappa shape index (κ3) is 5.41. The molecule has 49 heavy (non-hydrogen) atoms. The maximum absolute atomic E-state index is 15.7. The van der Waals surface area contributed by atoms with Gasteiger partial charge in [0.2, 0.25) is 5.95 Å². The number of benzene rings is 1. The topological polar surface area (TPSA) is 130 Å². The van der Waals surface area contributed by atoms with Crippen molar-refractivity contribution in [1.29, 1.82) is 0 Å². The minimum absolute atomic E-state index is 0.00722. The highest BCUT2D eigenvalue weighted by atomic mass is 19.1. The van der Waals surface area contributed by atoms with E-state index in [1.807, 2.05) is 36.7 Å². The van der Waals surface area contributed by atoms with Crippen LogP contribution in [-0.4, -0.2) is 105 Å². The van der Waals surface area contributed by atoms with E-state index in [1.54, 1.807) is 10.8 Å². The zero-order valence-corrected chi connectivity index (χ0v) is 27.0. The van der Waals surface area contributed by atoms with Gasteiger partial charge in [0.25, 0.3) is 0 Å². The lowest BCUT2D eigenvalue weighted by atomic mass is 9.49. The number of amides is 1. The highest BCUT2D eigenvalue weighted by Crippen LogP contribution is 2.44. The van der Waals surface area contributed by atoms with Crippen LogP contribution >= 0.6 is 0 Å². The summed E-state index contributed by atoms with van der Waals surface area (Å²) in [6, 6.07) is 5.11. The number of imidazole rings is 1. The number of alkyl carbamates (subject to hydrolysis) is 1. The molecule has 1 amide bonds. The summed E-state index contributed by atoms with van der Waals surface area (Å²) in [7, 11) is 37.4. The van der Waals surface area contributed by atoms with Gasteiger partial charge in [-0.1, -0.05) is 11.3 Å². The lowest BCUT2D eigenvalue weighted by Gasteiger charge is -2.22. The molecule has 5 aromatic heterocycles. The Hall–Kier alpha value is -4.55. The van der Waals surface area contributed by atoms with Crippen molar-refractivity contribution >= 4 is 86.1 Å². The summed E-state index contributed by atoms with van der Waals surface area (Å²) in [5, 5.41) is 8.37. The van der Waals surface area contributed by atoms with E-state index >= 15 is 4.39 Å². The minimum atomic E-state index is -2.11. The van der Waals surface area contributed by atoms with Gasteiger partial charge in [-0.3, -0.25) is 13.9 Å². The van der Waals surface area contributed by atoms with Gasteiger partial charge in [0.15, 0.2) is 0 Å². The average Bonchev–Trinajstić information content (AvgIpc) is 3.83. The summed E-state index contributed by atoms with van der Waals surface area (Å²) in [6.45, 7) is 4.05. The number of hydrogen-bond donors (Lipinski definition) is 2. The molecule has 19 heteroatoms. The lowest BCUT2D eigenvalue weighted by molar-refractivity contribution is 0.166. The normalized spacial score (nSPS) is 17.2. The fraction of sp³-hybridized carbons (Fsp3) is 0.367. The summed E-state index contributed by atoms with van der Waals surface area (Å²) < 4.78 is 26.0. The zero-order valence-electron chi connectivity index (χ0n) is 27.0. The van der Waals surface area contributed by atoms with Crippen molar-refractivity contribution in [3.63, 3.8) is 0 Å². The van der Waals surface area contributed by atoms with Crippen molar-refractivity contribution < 1.29 is 13.9 Å². The number of halogens is 1. The minimum Gasteiger partial charge on any atom is -0.453 e. The van der Waals surface area contributed by atoms with E-state index in [4.69, 9.17) is 51.8 Å². The molecule has 5 heterocycles. The van der Waals surface area contributed by atoms with Gasteiger partial charge in [-0.15, -0.1) is 5.10 Å². The van der Waals surface area contributed by atoms with Crippen LogP contribution in [-0.2, 0) is 15.2 Å². The van der Waals surface area contributed by atoms with Crippen LogP contribution in [0.15, 0.2) is 41.6 Å². The number of rotatable bonds is 7. The van der Waals surface area contributed by atoms with Gasteiger partial charge in [-0.2, -0.15) is 9.49 Å². The third-order valence-corrected chi connectivity index (χ3v) is 9.03. The molecule has 12 radical (unpaired) electrons. The van der Waals surface area contributed by atoms with Crippen LogP contribution in [0.2, 0.25) is 0 Å². The average molecular weight is 644 g/mol. The number of aromatic amines is 1. The molecular formula is C30H26B6FN9O3. The number of hydrogen-bond acceptors (Lipinski definition) is 6. The first-order chi connectivity index (χ1) is 23.1. The largest absolute Gasteiger partial charge is 0.453 e. The van der Waals surface area contributed by atoms with Crippen LogP contribution in [0.25, 0.3) is 55.4 Å². The number of carbonyl (C=O) groups is 1. The van der Waals surface area contributed by atoms with Crippen LogP contribution < -0.4 is 11.0 Å². The standard InChI is InChI=1S/C30H26B6FN9O3/c1-13(2)46-19-7-4-14(8-15(19)10-39-46)21-22-24-20(11-38-26(22)41-23(21)18-12-43(29(31,32)33)42-25(18)37)45(30(34,35)36)28(48)44(24)17-6-5-16(9-17)40-27(47)49-3/h4,7-8,10-13,16-17H,5-6,9H2,1-3H3,(H,38,41)(H,40,47)/t16-,17-/m1/s1. The fourth-order valence-electron chi connectivity index (χ4n) is 6.93. The molecule has 0 saturated heterocycles. The second-order valence-electron chi connectivity index (χ2n) is 12.9. The maximum Gasteiger partial charge on any atom is 0.407 e. The number of nitrogens with zero attached hydrogens (tertiary/aromatic N) is 7. The quantitative estimate of drug-likeness (QED) is 0.256. The number of aromatic nitrogens is 8. The Kier molecular flexibility index (Phi) is 7.75. The number of methoxy groups -OCH3 is 1. The van der Waals surface area contributed by atoms with Crippen molar-refractivity contribution in [2.75, 3.05) is 7.11 Å². The Morgan fingerprint density at radius 3 is 2.51 bits per heavy atom. The molecule has 0 bridgehead atoms. The second kappa shape index (κ2) is 11.5. The molecule has 6 aromatic rings. The van der Waals surface area contributed by atoms with Crippen molar-refractivity contribution in [2.24, 2.45) is 0 Å². The summed E-state index contributed by atoms with van der Waals surface area (Å²) in [5.74, 6) is -0.907. The van der Waals surface area contributed by atoms with E-state index in [2.05, 4.69) is 25.5 Å². The number of fused-ring (bicyclic) bond motifs is 4. The smallest absolute Gasteiger partial charge is 0.407 e. The van der Waals surface area contributed by atoms with E-state index < -0.39 is 34.2 Å². The Morgan fingerprint density at radius 1 is 1.10 bits per heavy atom. The van der Waals surface area contributed by atoms with E-state index in [9.17, 15) is 9.59 Å². The van der Waals surface area contributed by atoms with Crippen molar-refractivity contribution in [3.8, 4) is 22.4 Å². The first-order valence-corrected chi connectivity index (χ1v) is 15.6. The van der Waals surface area contributed by atoms with Crippen LogP contribution in [0.3, 0.4) is 0 Å². The van der Waals surface area contributed by atoms with Crippen LogP contribution in [0.4, 0.5) is 9.18 Å². The second-order valence-corrected chi connectivity index (χ2v) is 12.9. The van der Waals surface area contributed by atoms with E-state index in [0.29, 0.717) is 46.9 Å². The van der Waals surface area contributed by atoms with Crippen molar-refractivity contribution in [2.45, 2.75) is 61.7 Å². The van der Waals surface area contributed by atoms with E-state index in [1.165, 1.54) is 19.5 Å². The van der Waals surface area contributed by atoms with Gasteiger partial charge in [0, 0.05) is 35.3 Å². The fourth-order valence-corrected chi connectivity index (χ4v) is 6.93. The van der Waals surface area contributed by atoms with E-state index in [-0.39, 0.29) is 28.9 Å². The van der Waals surface area contributed by atoms with Crippen molar-refractivity contribution in [1.82, 2.24) is 44.0 Å². The first-order valence-electron chi connectivity index (χ1n) is 15.6. The first kappa shape index (κ1) is 33.0. The summed E-state index contributed by atoms with van der Waals surface area (Å²) >= 11 is 0. The molecule has 0 unspecified atom stereocenters. The van der Waals surface area contributed by atoms with Crippen LogP contribution in [0, 0.1) is 5.95 Å². The number of nitrogens with one attached hydrogen (secondary N) is 2. The Balaban J connectivity index is 1.57. The number of carbonyl (C=O) groups excluding carboxylic acids is 1. The summed E-state index contributed by atoms with van der Waals surface area (Å²) in [6.07, 6.45) is 5.37. The molecule has 1 saturated carbocycles. The summed E-state index contributed by atoms with van der Waals surface area (Å²) in [5.41, 5.74) is 2.64. The molecule has 2 atom stereocenters. The predicted molar refractivity (Wildman–Crippen MR) is 189 cm³/mol. The maximum atomic E-state index is 15.7. The van der Waals surface area contributed by atoms with Gasteiger partial charge < -0.3 is 19.6 Å². The Morgan fingerprint density at radius 2 is 1.86 bits per heavy atom. The molecule has 0 aliphatic heterocycles. The number of ether oxygens (including phenoxy) is 1. The van der Waals surface area contributed by atoms with Gasteiger partial charge in [-0.25, -0.2) is 14.6 Å². The van der Waals surface area contributed by atoms with Gasteiger partial charge in [-0.05, 0) is 56.0 Å². The lowest BCUT2D eigenvalue weighted by Crippen LogP contribution is -2.43. The van der Waals surface area contributed by atoms with E-state index in [0.717, 1.165) is 20.2 Å². The summed E-state index contributed by atoms with van der Waals surface area (Å²) in [4.78, 5) is 34.2. The molecule has 1 fully saturated rings. The third-order valence-electron chi connectivity index (χ3n) is 9.03. The molecule has 234 valence electrons. The Labute approximate surface area is 288 Å². The predicted octanol–water partition coefficient (Wildman–Crippen LogP) is 1.88. The molecule has 7 rings (SSSR count). The highest BCUT2D eigenvalue weighted by molar-refractivity contribution is 6.57. The number of pyridine rings is 1. The molecule has 0 spiro atoms. The van der Waals surface area contributed by atoms with Crippen LogP contribution in [0.1, 0.15) is 45.2 Å². The number of H-pyrrole nitrogens is 1. The molecule has 1 aliphatic carbocycles. The van der Waals surface area contributed by atoms with Gasteiger partial charge in [0.05, 0.1) is 99.8 Å². The molecule has 2 N–H and O–H groups in total. The monoisotopic (exact) mass is 645 g/mol.